The molecule has 4 rings (SSSR count). The fraction of sp³-hybridized carbons (Fsp3) is 0.158. The van der Waals surface area contributed by atoms with Crippen molar-refractivity contribution in [3.8, 4) is 11.1 Å². The zero-order valence-corrected chi connectivity index (χ0v) is 15.2. The first-order valence-corrected chi connectivity index (χ1v) is 9.31. The molecule has 0 amide bonds. The van der Waals surface area contributed by atoms with E-state index in [9.17, 15) is 13.9 Å². The molecule has 1 fully saturated rings. The lowest BCUT2D eigenvalue weighted by molar-refractivity contribution is 0.488. The Morgan fingerprint density at radius 2 is 1.84 bits per heavy atom. The number of aliphatic hydroxyl groups is 1. The Bertz CT molecular complexity index is 1030. The van der Waals surface area contributed by atoms with E-state index in [0.29, 0.717) is 15.5 Å². The Labute approximate surface area is 157 Å². The van der Waals surface area contributed by atoms with Gasteiger partial charge < -0.3 is 5.11 Å². The predicted molar refractivity (Wildman–Crippen MR) is 101 cm³/mol. The molecular formula is C19H12Cl2F2OS. The quantitative estimate of drug-likeness (QED) is 0.349. The summed E-state index contributed by atoms with van der Waals surface area (Å²) >= 11 is 13.5. The van der Waals surface area contributed by atoms with Crippen LogP contribution >= 0.6 is 34.5 Å². The van der Waals surface area contributed by atoms with Crippen molar-refractivity contribution in [1.29, 1.82) is 0 Å². The van der Waals surface area contributed by atoms with Gasteiger partial charge in [-0.25, -0.2) is 8.78 Å². The summed E-state index contributed by atoms with van der Waals surface area (Å²) in [5.41, 5.74) is 1.72. The van der Waals surface area contributed by atoms with Gasteiger partial charge >= 0.3 is 0 Å². The van der Waals surface area contributed by atoms with E-state index in [-0.39, 0.29) is 16.3 Å². The number of rotatable bonds is 2. The average Bonchev–Trinajstić information content (AvgIpc) is 2.87. The molecule has 3 aromatic rings. The van der Waals surface area contributed by atoms with Crippen LogP contribution in [0, 0.1) is 11.6 Å². The third-order valence-electron chi connectivity index (χ3n) is 4.42. The van der Waals surface area contributed by atoms with Gasteiger partial charge in [-0.3, -0.25) is 0 Å². The summed E-state index contributed by atoms with van der Waals surface area (Å²) in [6.07, 6.45) is 2.68. The number of hydrogen-bond donors (Lipinski definition) is 1. The van der Waals surface area contributed by atoms with Crippen molar-refractivity contribution in [3.63, 3.8) is 0 Å². The van der Waals surface area contributed by atoms with Gasteiger partial charge in [0.1, 0.15) is 17.4 Å². The smallest absolute Gasteiger partial charge is 0.145 e. The second-order valence-corrected chi connectivity index (χ2v) is 7.87. The number of halogens is 4. The Hall–Kier alpha value is -1.62. The van der Waals surface area contributed by atoms with Gasteiger partial charge in [-0.1, -0.05) is 29.3 Å². The van der Waals surface area contributed by atoms with E-state index in [4.69, 9.17) is 23.2 Å². The number of hydrogen-bond acceptors (Lipinski definition) is 2. The van der Waals surface area contributed by atoms with Gasteiger partial charge in [-0.15, -0.1) is 11.3 Å². The lowest BCUT2D eigenvalue weighted by Crippen LogP contribution is -2.01. The Balaban J connectivity index is 2.08. The van der Waals surface area contributed by atoms with Crippen molar-refractivity contribution >= 4 is 50.4 Å². The van der Waals surface area contributed by atoms with Gasteiger partial charge in [0.25, 0.3) is 0 Å². The number of thiophene rings is 1. The van der Waals surface area contributed by atoms with Gasteiger partial charge in [-0.2, -0.15) is 0 Å². The minimum atomic E-state index is -0.827. The maximum absolute atomic E-state index is 14.0. The molecule has 0 radical (unpaired) electrons. The molecule has 1 saturated carbocycles. The summed E-state index contributed by atoms with van der Waals surface area (Å²) in [5, 5.41) is 11.9. The molecule has 0 spiro atoms. The van der Waals surface area contributed by atoms with Gasteiger partial charge in [0, 0.05) is 32.3 Å². The monoisotopic (exact) mass is 396 g/mol. The number of allylic oxidation sites excluding steroid dienone is 1. The van der Waals surface area contributed by atoms with Gasteiger partial charge in [0.15, 0.2) is 0 Å². The number of benzene rings is 2. The fourth-order valence-electron chi connectivity index (χ4n) is 2.99. The largest absolute Gasteiger partial charge is 0.506 e. The Morgan fingerprint density at radius 3 is 2.52 bits per heavy atom. The number of fused-ring (bicyclic) bond motifs is 1. The van der Waals surface area contributed by atoms with E-state index >= 15 is 0 Å². The van der Waals surface area contributed by atoms with E-state index in [1.54, 1.807) is 18.2 Å². The van der Waals surface area contributed by atoms with Crippen LogP contribution in [0.2, 0.25) is 10.0 Å². The molecule has 6 heteroatoms. The van der Waals surface area contributed by atoms with Crippen molar-refractivity contribution in [2.45, 2.75) is 19.3 Å². The maximum Gasteiger partial charge on any atom is 0.145 e. The molecule has 0 bridgehead atoms. The molecule has 128 valence electrons. The first-order valence-electron chi connectivity index (χ1n) is 7.74. The lowest BCUT2D eigenvalue weighted by Gasteiger charge is -2.19. The van der Waals surface area contributed by atoms with Gasteiger partial charge in [-0.05, 0) is 43.0 Å². The minimum absolute atomic E-state index is 0.163. The summed E-state index contributed by atoms with van der Waals surface area (Å²) in [6, 6.07) is 7.22. The summed E-state index contributed by atoms with van der Waals surface area (Å²) in [4.78, 5) is 0.568. The van der Waals surface area contributed by atoms with Crippen molar-refractivity contribution in [2.75, 3.05) is 0 Å². The van der Waals surface area contributed by atoms with Crippen molar-refractivity contribution in [1.82, 2.24) is 0 Å². The third-order valence-corrected chi connectivity index (χ3v) is 6.20. The van der Waals surface area contributed by atoms with E-state index in [2.05, 4.69) is 0 Å². The van der Waals surface area contributed by atoms with Crippen molar-refractivity contribution in [2.24, 2.45) is 0 Å². The zero-order chi connectivity index (χ0) is 17.7. The van der Waals surface area contributed by atoms with Gasteiger partial charge in [0.2, 0.25) is 0 Å². The number of aliphatic hydroxyl groups excluding tert-OH is 1. The fourth-order valence-corrected chi connectivity index (χ4v) is 4.68. The van der Waals surface area contributed by atoms with Crippen molar-refractivity contribution in [3.05, 3.63) is 62.5 Å². The van der Waals surface area contributed by atoms with Crippen molar-refractivity contribution < 1.29 is 13.9 Å². The van der Waals surface area contributed by atoms with Gasteiger partial charge in [0.05, 0.1) is 9.90 Å². The van der Waals surface area contributed by atoms with Crippen LogP contribution in [0.15, 0.2) is 35.9 Å². The van der Waals surface area contributed by atoms with E-state index < -0.39 is 11.6 Å². The second-order valence-electron chi connectivity index (χ2n) is 6.00. The standard InChI is InChI=1S/C19H12Cl2F2OS/c20-10-4-5-12-15(6-10)25-19(18(24)9-2-1-3-9)16(12)13-7-11(22)8-14(23)17(13)21/h4-8,24H,1-3H2. The lowest BCUT2D eigenvalue weighted by atomic mass is 9.89. The molecular weight excluding hydrogens is 385 g/mol. The summed E-state index contributed by atoms with van der Waals surface area (Å²) in [7, 11) is 0. The molecule has 1 aliphatic rings. The highest BCUT2D eigenvalue weighted by atomic mass is 35.5. The summed E-state index contributed by atoms with van der Waals surface area (Å²) < 4.78 is 28.7. The molecule has 0 unspecified atom stereocenters. The highest BCUT2D eigenvalue weighted by Gasteiger charge is 2.25. The van der Waals surface area contributed by atoms with E-state index in [1.807, 2.05) is 0 Å². The van der Waals surface area contributed by atoms with Crippen LogP contribution < -0.4 is 0 Å². The van der Waals surface area contributed by atoms with Crippen LogP contribution in [-0.4, -0.2) is 5.11 Å². The molecule has 25 heavy (non-hydrogen) atoms. The topological polar surface area (TPSA) is 20.2 Å². The van der Waals surface area contributed by atoms with Crippen LogP contribution in [-0.2, 0) is 0 Å². The minimum Gasteiger partial charge on any atom is -0.506 e. The molecule has 1 heterocycles. The average molecular weight is 397 g/mol. The first-order chi connectivity index (χ1) is 12.0. The Kier molecular flexibility index (Phi) is 4.22. The molecule has 0 atom stereocenters. The first kappa shape index (κ1) is 16.8. The Morgan fingerprint density at radius 1 is 1.08 bits per heavy atom. The normalized spacial score (nSPS) is 14.0. The third kappa shape index (κ3) is 2.82. The second kappa shape index (κ2) is 6.27. The zero-order valence-electron chi connectivity index (χ0n) is 12.9. The molecule has 0 aliphatic heterocycles. The van der Waals surface area contributed by atoms with Crippen LogP contribution in [0.25, 0.3) is 27.0 Å². The van der Waals surface area contributed by atoms with Crippen LogP contribution in [0.1, 0.15) is 24.1 Å². The highest BCUT2D eigenvalue weighted by molar-refractivity contribution is 7.20. The summed E-state index contributed by atoms with van der Waals surface area (Å²) in [5.74, 6) is -1.36. The maximum atomic E-state index is 14.0. The van der Waals surface area contributed by atoms with E-state index in [0.717, 1.165) is 41.0 Å². The predicted octanol–water partition coefficient (Wildman–Crippen LogP) is 7.61. The van der Waals surface area contributed by atoms with E-state index in [1.165, 1.54) is 17.4 Å². The molecule has 1 nitrogen and oxygen atoms in total. The molecule has 2 aromatic carbocycles. The highest BCUT2D eigenvalue weighted by Crippen LogP contribution is 2.47. The van der Waals surface area contributed by atoms with Crippen LogP contribution in [0.3, 0.4) is 0 Å². The molecule has 1 aliphatic carbocycles. The molecule has 0 saturated heterocycles. The SMILES string of the molecule is OC(=C1CCC1)c1sc2cc(Cl)ccc2c1-c1cc(F)cc(F)c1Cl. The molecule has 1 N–H and O–H groups in total. The summed E-state index contributed by atoms with van der Waals surface area (Å²) in [6.45, 7) is 0. The molecule has 1 aromatic heterocycles. The van der Waals surface area contributed by atoms with Crippen LogP contribution in [0.5, 0.6) is 0 Å². The van der Waals surface area contributed by atoms with Crippen LogP contribution in [0.4, 0.5) is 8.78 Å².